The SMILES string of the molecule is Cn1nccc1C(Cn1cnc2ccccc21)NN. The van der Waals surface area contributed by atoms with Crippen LogP contribution in [0.5, 0.6) is 0 Å². The smallest absolute Gasteiger partial charge is 0.0958 e. The van der Waals surface area contributed by atoms with Crippen molar-refractivity contribution < 1.29 is 0 Å². The lowest BCUT2D eigenvalue weighted by atomic mass is 10.2. The summed E-state index contributed by atoms with van der Waals surface area (Å²) in [6.07, 6.45) is 3.61. The van der Waals surface area contributed by atoms with E-state index in [1.807, 2.05) is 42.3 Å². The summed E-state index contributed by atoms with van der Waals surface area (Å²) in [5.41, 5.74) is 5.97. The van der Waals surface area contributed by atoms with E-state index < -0.39 is 0 Å². The molecule has 98 valence electrons. The highest BCUT2D eigenvalue weighted by Crippen LogP contribution is 2.17. The Kier molecular flexibility index (Phi) is 3.02. The fourth-order valence-electron chi connectivity index (χ4n) is 2.31. The zero-order valence-electron chi connectivity index (χ0n) is 10.7. The van der Waals surface area contributed by atoms with Crippen molar-refractivity contribution in [1.82, 2.24) is 24.8 Å². The Balaban J connectivity index is 1.93. The number of hydrogen-bond acceptors (Lipinski definition) is 4. The highest BCUT2D eigenvalue weighted by Gasteiger charge is 2.15. The molecule has 1 unspecified atom stereocenters. The van der Waals surface area contributed by atoms with Gasteiger partial charge in [0.1, 0.15) is 0 Å². The number of rotatable bonds is 4. The minimum absolute atomic E-state index is 0.00916. The minimum atomic E-state index is -0.00916. The number of nitrogens with one attached hydrogen (secondary N) is 1. The lowest BCUT2D eigenvalue weighted by Gasteiger charge is -2.17. The molecule has 0 aliphatic rings. The molecule has 3 rings (SSSR count). The number of fused-ring (bicyclic) bond motifs is 1. The average Bonchev–Trinajstić information content (AvgIpc) is 3.03. The van der Waals surface area contributed by atoms with Gasteiger partial charge in [0, 0.05) is 19.8 Å². The molecule has 0 spiro atoms. The zero-order chi connectivity index (χ0) is 13.2. The van der Waals surface area contributed by atoms with E-state index >= 15 is 0 Å². The fourth-order valence-corrected chi connectivity index (χ4v) is 2.31. The molecule has 3 N–H and O–H groups in total. The molecule has 2 heterocycles. The van der Waals surface area contributed by atoms with E-state index in [1.165, 1.54) is 0 Å². The number of aryl methyl sites for hydroxylation is 1. The quantitative estimate of drug-likeness (QED) is 0.539. The van der Waals surface area contributed by atoms with Crippen molar-refractivity contribution >= 4 is 11.0 Å². The molecule has 19 heavy (non-hydrogen) atoms. The molecule has 6 nitrogen and oxygen atoms in total. The van der Waals surface area contributed by atoms with Crippen LogP contribution in [0.25, 0.3) is 11.0 Å². The maximum absolute atomic E-state index is 5.67. The van der Waals surface area contributed by atoms with Gasteiger partial charge in [-0.3, -0.25) is 10.5 Å². The number of para-hydroxylation sites is 2. The number of nitrogens with zero attached hydrogens (tertiary/aromatic N) is 4. The van der Waals surface area contributed by atoms with Gasteiger partial charge in [0.25, 0.3) is 0 Å². The van der Waals surface area contributed by atoms with Gasteiger partial charge in [0.15, 0.2) is 0 Å². The minimum Gasteiger partial charge on any atom is -0.329 e. The van der Waals surface area contributed by atoms with Crippen LogP contribution in [0, 0.1) is 0 Å². The number of imidazole rings is 1. The number of aromatic nitrogens is 4. The predicted molar refractivity (Wildman–Crippen MR) is 73.0 cm³/mol. The van der Waals surface area contributed by atoms with Crippen molar-refractivity contribution in [2.45, 2.75) is 12.6 Å². The molecule has 3 aromatic rings. The van der Waals surface area contributed by atoms with Crippen LogP contribution in [0.1, 0.15) is 11.7 Å². The van der Waals surface area contributed by atoms with E-state index in [-0.39, 0.29) is 6.04 Å². The van der Waals surface area contributed by atoms with Crippen LogP contribution in [-0.2, 0) is 13.6 Å². The standard InChI is InChI=1S/C13H16N6/c1-18-12(6-7-16-18)11(17-14)8-19-9-15-10-4-2-3-5-13(10)19/h2-7,9,11,17H,8,14H2,1H3. The van der Waals surface area contributed by atoms with E-state index in [0.29, 0.717) is 6.54 Å². The van der Waals surface area contributed by atoms with Gasteiger partial charge in [-0.1, -0.05) is 12.1 Å². The van der Waals surface area contributed by atoms with Gasteiger partial charge in [-0.25, -0.2) is 10.4 Å². The number of hydrazine groups is 1. The summed E-state index contributed by atoms with van der Waals surface area (Å²) in [6, 6.07) is 10.0. The van der Waals surface area contributed by atoms with Gasteiger partial charge >= 0.3 is 0 Å². The molecular formula is C13H16N6. The molecule has 2 aromatic heterocycles. The van der Waals surface area contributed by atoms with Gasteiger partial charge in [-0.2, -0.15) is 5.10 Å². The van der Waals surface area contributed by atoms with Crippen LogP contribution in [0.15, 0.2) is 42.9 Å². The second-order valence-electron chi connectivity index (χ2n) is 4.48. The van der Waals surface area contributed by atoms with E-state index in [0.717, 1.165) is 16.7 Å². The summed E-state index contributed by atoms with van der Waals surface area (Å²) in [5, 5.41) is 4.17. The first-order valence-electron chi connectivity index (χ1n) is 6.13. The van der Waals surface area contributed by atoms with Crippen molar-refractivity contribution in [2.75, 3.05) is 0 Å². The van der Waals surface area contributed by atoms with Crippen LogP contribution in [0.2, 0.25) is 0 Å². The lowest BCUT2D eigenvalue weighted by Crippen LogP contribution is -2.32. The molecule has 0 fully saturated rings. The molecule has 0 amide bonds. The summed E-state index contributed by atoms with van der Waals surface area (Å²) in [7, 11) is 1.91. The third-order valence-electron chi connectivity index (χ3n) is 3.32. The van der Waals surface area contributed by atoms with Crippen LogP contribution in [0.3, 0.4) is 0 Å². The molecule has 0 radical (unpaired) electrons. The Morgan fingerprint density at radius 3 is 2.89 bits per heavy atom. The zero-order valence-corrected chi connectivity index (χ0v) is 10.7. The first-order chi connectivity index (χ1) is 9.29. The molecular weight excluding hydrogens is 240 g/mol. The highest BCUT2D eigenvalue weighted by atomic mass is 15.3. The van der Waals surface area contributed by atoms with E-state index in [2.05, 4.69) is 26.1 Å². The van der Waals surface area contributed by atoms with Crippen molar-refractivity contribution in [3.63, 3.8) is 0 Å². The summed E-state index contributed by atoms with van der Waals surface area (Å²) >= 11 is 0. The molecule has 0 aliphatic heterocycles. The Morgan fingerprint density at radius 1 is 1.32 bits per heavy atom. The van der Waals surface area contributed by atoms with Crippen molar-refractivity contribution in [2.24, 2.45) is 12.9 Å². The van der Waals surface area contributed by atoms with Gasteiger partial charge in [-0.05, 0) is 18.2 Å². The summed E-state index contributed by atoms with van der Waals surface area (Å²) < 4.78 is 3.91. The molecule has 0 saturated heterocycles. The fraction of sp³-hybridized carbons (Fsp3) is 0.231. The number of hydrogen-bond donors (Lipinski definition) is 2. The second-order valence-corrected chi connectivity index (χ2v) is 4.48. The third kappa shape index (κ3) is 2.11. The van der Waals surface area contributed by atoms with Gasteiger partial charge in [0.05, 0.1) is 29.1 Å². The van der Waals surface area contributed by atoms with E-state index in [4.69, 9.17) is 5.84 Å². The largest absolute Gasteiger partial charge is 0.329 e. The Morgan fingerprint density at radius 2 is 2.16 bits per heavy atom. The maximum atomic E-state index is 5.67. The van der Waals surface area contributed by atoms with Gasteiger partial charge in [-0.15, -0.1) is 0 Å². The maximum Gasteiger partial charge on any atom is 0.0958 e. The van der Waals surface area contributed by atoms with Crippen molar-refractivity contribution in [1.29, 1.82) is 0 Å². The molecule has 1 atom stereocenters. The molecule has 1 aromatic carbocycles. The molecule has 0 aliphatic carbocycles. The summed E-state index contributed by atoms with van der Waals surface area (Å²) in [4.78, 5) is 4.38. The number of nitrogens with two attached hydrogens (primary N) is 1. The Labute approximate surface area is 110 Å². The number of benzene rings is 1. The predicted octanol–water partition coefficient (Wildman–Crippen LogP) is 0.974. The normalized spacial score (nSPS) is 12.9. The molecule has 0 bridgehead atoms. The van der Waals surface area contributed by atoms with Gasteiger partial charge < -0.3 is 4.57 Å². The Hall–Kier alpha value is -2.18. The highest BCUT2D eigenvalue weighted by molar-refractivity contribution is 5.74. The second kappa shape index (κ2) is 4.83. The van der Waals surface area contributed by atoms with Gasteiger partial charge in [0.2, 0.25) is 0 Å². The third-order valence-corrected chi connectivity index (χ3v) is 3.32. The monoisotopic (exact) mass is 256 g/mol. The summed E-state index contributed by atoms with van der Waals surface area (Å²) in [6.45, 7) is 0.705. The average molecular weight is 256 g/mol. The molecule has 0 saturated carbocycles. The first-order valence-corrected chi connectivity index (χ1v) is 6.13. The van der Waals surface area contributed by atoms with Crippen molar-refractivity contribution in [3.05, 3.63) is 48.5 Å². The van der Waals surface area contributed by atoms with Crippen LogP contribution < -0.4 is 11.3 Å². The summed E-state index contributed by atoms with van der Waals surface area (Å²) in [5.74, 6) is 5.67. The first kappa shape index (κ1) is 11.9. The molecule has 6 heteroatoms. The van der Waals surface area contributed by atoms with Crippen LogP contribution in [-0.4, -0.2) is 19.3 Å². The van der Waals surface area contributed by atoms with E-state index in [9.17, 15) is 0 Å². The van der Waals surface area contributed by atoms with E-state index in [1.54, 1.807) is 6.20 Å². The van der Waals surface area contributed by atoms with Crippen LogP contribution in [0.4, 0.5) is 0 Å². The van der Waals surface area contributed by atoms with Crippen molar-refractivity contribution in [3.8, 4) is 0 Å². The van der Waals surface area contributed by atoms with Crippen LogP contribution >= 0.6 is 0 Å². The topological polar surface area (TPSA) is 73.7 Å². The lowest BCUT2D eigenvalue weighted by molar-refractivity contribution is 0.452. The Bertz CT molecular complexity index is 683.